The lowest BCUT2D eigenvalue weighted by Gasteiger charge is -2.29. The number of imide groups is 1. The number of aromatic nitrogens is 4. The van der Waals surface area contributed by atoms with Gasteiger partial charge in [0, 0.05) is 61.2 Å². The SMILES string of the molecule is C=C1C=C(F)N(C(C)C)C(=O)N1.CC(C)N1CCC(=O)NC1=O.CC(C)n1cc(F)c(=O)[nH]c1=O.CC(C)n1ccc(=O)[nH]c1=O. The Hall–Kier alpha value is -5.09. The number of allylic oxidation sites excluding steroid dienone is 1. The number of hydrogen-bond donors (Lipinski definition) is 4. The van der Waals surface area contributed by atoms with E-state index in [-0.39, 0.29) is 53.1 Å². The second-order valence-electron chi connectivity index (χ2n) is 11.1. The fourth-order valence-corrected chi connectivity index (χ4v) is 3.77. The molecule has 1 saturated heterocycles. The molecule has 0 aliphatic carbocycles. The summed E-state index contributed by atoms with van der Waals surface area (Å²) in [7, 11) is 0. The summed E-state index contributed by atoms with van der Waals surface area (Å²) in [4.78, 5) is 82.7. The predicted molar refractivity (Wildman–Crippen MR) is 167 cm³/mol. The third kappa shape index (κ3) is 11.8. The molecule has 46 heavy (non-hydrogen) atoms. The van der Waals surface area contributed by atoms with Crippen LogP contribution in [0.3, 0.4) is 0 Å². The van der Waals surface area contributed by atoms with Gasteiger partial charge >= 0.3 is 23.4 Å². The summed E-state index contributed by atoms with van der Waals surface area (Å²) in [6.07, 6.45) is 4.02. The van der Waals surface area contributed by atoms with E-state index < -0.39 is 29.0 Å². The van der Waals surface area contributed by atoms with E-state index in [2.05, 4.69) is 22.2 Å². The molecule has 1 fully saturated rings. The monoisotopic (exact) mass is 652 g/mol. The van der Waals surface area contributed by atoms with Crippen LogP contribution in [0.4, 0.5) is 18.4 Å². The molecule has 0 atom stereocenters. The summed E-state index contributed by atoms with van der Waals surface area (Å²) in [5, 5.41) is 4.68. The zero-order valence-corrected chi connectivity index (χ0v) is 27.1. The van der Waals surface area contributed by atoms with Gasteiger partial charge in [-0.2, -0.15) is 8.78 Å². The van der Waals surface area contributed by atoms with Crippen molar-refractivity contribution in [2.75, 3.05) is 6.54 Å². The lowest BCUT2D eigenvalue weighted by Crippen LogP contribution is -2.51. The number of nitrogens with zero attached hydrogens (tertiary/aromatic N) is 4. The van der Waals surface area contributed by atoms with Gasteiger partial charge in [-0.25, -0.2) is 19.2 Å². The summed E-state index contributed by atoms with van der Waals surface area (Å²) in [6.45, 7) is 18.5. The molecule has 4 N–H and O–H groups in total. The van der Waals surface area contributed by atoms with E-state index in [1.807, 2.05) is 32.7 Å². The first kappa shape index (κ1) is 38.9. The first-order valence-electron chi connectivity index (χ1n) is 14.4. The molecule has 0 saturated carbocycles. The van der Waals surface area contributed by atoms with Crippen molar-refractivity contribution in [3.8, 4) is 0 Å². The Labute approximate surface area is 263 Å². The van der Waals surface area contributed by atoms with Crippen molar-refractivity contribution >= 4 is 18.0 Å². The van der Waals surface area contributed by atoms with Gasteiger partial charge in [-0.15, -0.1) is 0 Å². The number of rotatable bonds is 4. The van der Waals surface area contributed by atoms with Crippen LogP contribution >= 0.6 is 0 Å². The first-order valence-corrected chi connectivity index (χ1v) is 14.4. The maximum atomic E-state index is 13.1. The third-order valence-corrected chi connectivity index (χ3v) is 6.12. The van der Waals surface area contributed by atoms with Crippen LogP contribution < -0.4 is 33.1 Å². The molecule has 0 spiro atoms. The average Bonchev–Trinajstić information content (AvgIpc) is 2.90. The Morgan fingerprint density at radius 3 is 1.76 bits per heavy atom. The minimum Gasteiger partial charge on any atom is -0.322 e. The van der Waals surface area contributed by atoms with E-state index in [0.29, 0.717) is 13.0 Å². The Morgan fingerprint density at radius 2 is 1.30 bits per heavy atom. The average molecular weight is 653 g/mol. The molecule has 0 radical (unpaired) electrons. The lowest BCUT2D eigenvalue weighted by atomic mass is 10.2. The van der Waals surface area contributed by atoms with Crippen molar-refractivity contribution in [2.24, 2.45) is 0 Å². The number of amides is 5. The molecule has 4 heterocycles. The highest BCUT2D eigenvalue weighted by Gasteiger charge is 2.25. The molecule has 5 amide bonds. The molecule has 2 aliphatic heterocycles. The van der Waals surface area contributed by atoms with E-state index in [1.54, 1.807) is 32.6 Å². The molecule has 0 aromatic carbocycles. The Morgan fingerprint density at radius 1 is 0.739 bits per heavy atom. The van der Waals surface area contributed by atoms with Crippen LogP contribution in [0.15, 0.2) is 61.9 Å². The van der Waals surface area contributed by atoms with Gasteiger partial charge in [-0.1, -0.05) is 6.58 Å². The number of aromatic amines is 2. The van der Waals surface area contributed by atoms with E-state index in [0.717, 1.165) is 15.7 Å². The van der Waals surface area contributed by atoms with E-state index in [9.17, 15) is 42.3 Å². The normalized spacial score (nSPS) is 14.5. The fraction of sp³-hybridized carbons (Fsp3) is 0.483. The van der Waals surface area contributed by atoms with Gasteiger partial charge in [0.25, 0.3) is 11.1 Å². The van der Waals surface area contributed by atoms with Crippen molar-refractivity contribution in [3.05, 3.63) is 90.3 Å². The van der Waals surface area contributed by atoms with Gasteiger partial charge in [0.1, 0.15) is 0 Å². The van der Waals surface area contributed by atoms with Gasteiger partial charge in [-0.3, -0.25) is 43.7 Å². The standard InChI is InChI=1S/C8H11FN2O.C7H9FN2O2.C7H12N2O2.C7H10N2O2/c1-5(2)11-7(9)4-6(3)10-8(11)12;1-4(2)10-3-5(8)6(11)9-7(10)12;2*1-5(2)9-4-3-6(10)8-7(9)11/h4-5H,3H2,1-2H3,(H,10,12);3-4H,1-2H3,(H,9,11,12);5H,3-4H2,1-2H3,(H,8,10,11);3-5H,1-2H3,(H,8,10,11). The Kier molecular flexibility index (Phi) is 14.7. The number of urea groups is 2. The smallest absolute Gasteiger partial charge is 0.322 e. The summed E-state index contributed by atoms with van der Waals surface area (Å²) >= 11 is 0. The molecule has 17 heteroatoms. The van der Waals surface area contributed by atoms with Gasteiger partial charge in [-0.05, 0) is 55.4 Å². The number of carbonyl (C=O) groups excluding carboxylic acids is 3. The second-order valence-corrected chi connectivity index (χ2v) is 11.1. The Bertz CT molecular complexity index is 1670. The van der Waals surface area contributed by atoms with Gasteiger partial charge in [0.15, 0.2) is 5.95 Å². The first-order chi connectivity index (χ1) is 21.3. The zero-order chi connectivity index (χ0) is 35.5. The summed E-state index contributed by atoms with van der Waals surface area (Å²) in [6, 6.07) is 0.508. The van der Waals surface area contributed by atoms with E-state index >= 15 is 0 Å². The highest BCUT2D eigenvalue weighted by molar-refractivity contribution is 5.96. The molecule has 4 rings (SSSR count). The summed E-state index contributed by atoms with van der Waals surface area (Å²) < 4.78 is 28.3. The largest absolute Gasteiger partial charge is 0.328 e. The van der Waals surface area contributed by atoms with Gasteiger partial charge < -0.3 is 10.2 Å². The van der Waals surface area contributed by atoms with Gasteiger partial charge in [0.2, 0.25) is 11.7 Å². The maximum Gasteiger partial charge on any atom is 0.328 e. The zero-order valence-electron chi connectivity index (χ0n) is 27.1. The van der Waals surface area contributed by atoms with Crippen LogP contribution in [0.5, 0.6) is 0 Å². The van der Waals surface area contributed by atoms with Crippen molar-refractivity contribution < 1.29 is 23.2 Å². The summed E-state index contributed by atoms with van der Waals surface area (Å²) in [5.74, 6) is -1.67. The Balaban J connectivity index is 0.000000307. The predicted octanol–water partition coefficient (Wildman–Crippen LogP) is 2.46. The molecule has 0 unspecified atom stereocenters. The van der Waals surface area contributed by atoms with Crippen LogP contribution in [0.25, 0.3) is 0 Å². The number of carbonyl (C=O) groups is 3. The number of hydrogen-bond acceptors (Lipinski definition) is 7. The number of nitrogens with one attached hydrogen (secondary N) is 4. The van der Waals surface area contributed by atoms with Crippen LogP contribution in [0.1, 0.15) is 73.9 Å². The van der Waals surface area contributed by atoms with Crippen LogP contribution in [-0.4, -0.2) is 65.5 Å². The van der Waals surface area contributed by atoms with Crippen molar-refractivity contribution in [3.63, 3.8) is 0 Å². The minimum absolute atomic E-state index is 0.0827. The lowest BCUT2D eigenvalue weighted by molar-refractivity contribution is -0.121. The highest BCUT2D eigenvalue weighted by Crippen LogP contribution is 2.17. The third-order valence-electron chi connectivity index (χ3n) is 6.12. The van der Waals surface area contributed by atoms with Crippen LogP contribution in [0, 0.1) is 5.82 Å². The van der Waals surface area contributed by atoms with Gasteiger partial charge in [0.05, 0.1) is 6.20 Å². The topological polar surface area (TPSA) is 191 Å². The second kappa shape index (κ2) is 17.4. The van der Waals surface area contributed by atoms with Crippen molar-refractivity contribution in [1.29, 1.82) is 0 Å². The van der Waals surface area contributed by atoms with Crippen LogP contribution in [-0.2, 0) is 4.79 Å². The van der Waals surface area contributed by atoms with Crippen molar-refractivity contribution in [2.45, 2.75) is 86.0 Å². The number of H-pyrrole nitrogens is 2. The minimum atomic E-state index is -0.975. The molecule has 2 aromatic heterocycles. The maximum absolute atomic E-state index is 13.1. The fourth-order valence-electron chi connectivity index (χ4n) is 3.77. The molecule has 15 nitrogen and oxygen atoms in total. The molecule has 2 aromatic rings. The number of halogens is 2. The van der Waals surface area contributed by atoms with E-state index in [4.69, 9.17) is 0 Å². The molecule has 254 valence electrons. The molecule has 0 bridgehead atoms. The quantitative estimate of drug-likeness (QED) is 0.365. The van der Waals surface area contributed by atoms with E-state index in [1.165, 1.54) is 22.9 Å². The molecular weight excluding hydrogens is 610 g/mol. The summed E-state index contributed by atoms with van der Waals surface area (Å²) in [5.41, 5.74) is -1.98. The van der Waals surface area contributed by atoms with Crippen molar-refractivity contribution in [1.82, 2.24) is 39.5 Å². The molecular formula is C29H42F2N8O7. The highest BCUT2D eigenvalue weighted by atomic mass is 19.1. The van der Waals surface area contributed by atoms with Crippen LogP contribution in [0.2, 0.25) is 0 Å². The molecule has 2 aliphatic rings.